The summed E-state index contributed by atoms with van der Waals surface area (Å²) < 4.78 is 1.54. The van der Waals surface area contributed by atoms with Gasteiger partial charge < -0.3 is 9.88 Å². The zero-order valence-electron chi connectivity index (χ0n) is 14.9. The molecule has 7 heteroatoms. The third kappa shape index (κ3) is 3.78. The molecule has 0 aliphatic carbocycles. The second-order valence-electron chi connectivity index (χ2n) is 6.15. The monoisotopic (exact) mass is 375 g/mol. The quantitative estimate of drug-likeness (QED) is 0.583. The molecule has 1 N–H and O–H groups in total. The topological polar surface area (TPSA) is 72.7 Å². The maximum absolute atomic E-state index is 11.8. The molecule has 6 nitrogen and oxygen atoms in total. The number of aryl methyl sites for hydroxylation is 2. The van der Waals surface area contributed by atoms with E-state index in [9.17, 15) is 4.79 Å². The SMILES string of the molecule is Cc1ccnc(Nc2cccc(-c3cnc(-c4ccn(C)c(=O)c4)s3)n2)c1. The first-order valence-electron chi connectivity index (χ1n) is 8.38. The highest BCUT2D eigenvalue weighted by atomic mass is 32.1. The van der Waals surface area contributed by atoms with Gasteiger partial charge in [0, 0.05) is 37.3 Å². The van der Waals surface area contributed by atoms with Crippen molar-refractivity contribution in [3.05, 3.63) is 77.0 Å². The van der Waals surface area contributed by atoms with Gasteiger partial charge in [0.15, 0.2) is 0 Å². The largest absolute Gasteiger partial charge is 0.325 e. The fourth-order valence-electron chi connectivity index (χ4n) is 2.58. The van der Waals surface area contributed by atoms with E-state index in [1.165, 1.54) is 15.9 Å². The lowest BCUT2D eigenvalue weighted by atomic mass is 10.3. The van der Waals surface area contributed by atoms with Crippen molar-refractivity contribution in [2.45, 2.75) is 6.92 Å². The number of anilines is 2. The maximum Gasteiger partial charge on any atom is 0.250 e. The first-order valence-corrected chi connectivity index (χ1v) is 9.20. The number of aromatic nitrogens is 4. The lowest BCUT2D eigenvalue weighted by Gasteiger charge is -2.06. The van der Waals surface area contributed by atoms with Crippen LogP contribution in [0, 0.1) is 6.92 Å². The van der Waals surface area contributed by atoms with Gasteiger partial charge in [-0.3, -0.25) is 4.79 Å². The third-order valence-corrected chi connectivity index (χ3v) is 5.10. The van der Waals surface area contributed by atoms with Gasteiger partial charge in [-0.1, -0.05) is 6.07 Å². The average molecular weight is 375 g/mol. The summed E-state index contributed by atoms with van der Waals surface area (Å²) in [6, 6.07) is 13.2. The highest BCUT2D eigenvalue weighted by Gasteiger charge is 2.09. The summed E-state index contributed by atoms with van der Waals surface area (Å²) in [5, 5.41) is 4.02. The number of pyridine rings is 3. The Labute approximate surface area is 160 Å². The molecule has 27 heavy (non-hydrogen) atoms. The summed E-state index contributed by atoms with van der Waals surface area (Å²) in [5.41, 5.74) is 2.71. The molecule has 134 valence electrons. The van der Waals surface area contributed by atoms with Gasteiger partial charge in [0.05, 0.1) is 10.6 Å². The van der Waals surface area contributed by atoms with Crippen LogP contribution in [0.4, 0.5) is 11.6 Å². The van der Waals surface area contributed by atoms with Crippen molar-refractivity contribution < 1.29 is 0 Å². The number of nitrogens with zero attached hydrogens (tertiary/aromatic N) is 4. The Bertz CT molecular complexity index is 1160. The molecule has 0 aliphatic heterocycles. The van der Waals surface area contributed by atoms with Crippen LogP contribution in [-0.2, 0) is 7.05 Å². The summed E-state index contributed by atoms with van der Waals surface area (Å²) in [6.45, 7) is 2.02. The Kier molecular flexibility index (Phi) is 4.52. The van der Waals surface area contributed by atoms with Gasteiger partial charge in [0.1, 0.15) is 16.6 Å². The van der Waals surface area contributed by atoms with E-state index in [-0.39, 0.29) is 5.56 Å². The Hall–Kier alpha value is -3.32. The Morgan fingerprint density at radius 3 is 2.78 bits per heavy atom. The number of hydrogen-bond donors (Lipinski definition) is 1. The minimum Gasteiger partial charge on any atom is -0.325 e. The molecule has 0 fully saturated rings. The highest BCUT2D eigenvalue weighted by Crippen LogP contribution is 2.31. The van der Waals surface area contributed by atoms with Gasteiger partial charge >= 0.3 is 0 Å². The summed E-state index contributed by atoms with van der Waals surface area (Å²) in [7, 11) is 1.73. The van der Waals surface area contributed by atoms with Gasteiger partial charge in [-0.2, -0.15) is 0 Å². The van der Waals surface area contributed by atoms with Crippen LogP contribution >= 0.6 is 11.3 Å². The van der Waals surface area contributed by atoms with Crippen molar-refractivity contribution in [1.82, 2.24) is 19.5 Å². The Balaban J connectivity index is 1.61. The number of thiazole rings is 1. The summed E-state index contributed by atoms with van der Waals surface area (Å²) in [5.74, 6) is 1.47. The molecular weight excluding hydrogens is 358 g/mol. The first-order chi connectivity index (χ1) is 13.1. The van der Waals surface area contributed by atoms with Crippen LogP contribution in [0.3, 0.4) is 0 Å². The molecule has 0 saturated carbocycles. The Morgan fingerprint density at radius 2 is 1.96 bits per heavy atom. The van der Waals surface area contributed by atoms with Crippen LogP contribution in [0.5, 0.6) is 0 Å². The van der Waals surface area contributed by atoms with Crippen molar-refractivity contribution in [3.8, 4) is 21.1 Å². The molecule has 4 aromatic rings. The maximum atomic E-state index is 11.8. The molecule has 0 amide bonds. The van der Waals surface area contributed by atoms with Crippen LogP contribution < -0.4 is 10.9 Å². The molecular formula is C20H17N5OS. The van der Waals surface area contributed by atoms with Crippen molar-refractivity contribution in [2.24, 2.45) is 7.05 Å². The zero-order chi connectivity index (χ0) is 18.8. The fourth-order valence-corrected chi connectivity index (χ4v) is 3.47. The van der Waals surface area contributed by atoms with E-state index < -0.39 is 0 Å². The van der Waals surface area contributed by atoms with Gasteiger partial charge in [0.2, 0.25) is 0 Å². The molecule has 4 heterocycles. The van der Waals surface area contributed by atoms with Gasteiger partial charge in [-0.25, -0.2) is 15.0 Å². The lowest BCUT2D eigenvalue weighted by Crippen LogP contribution is -2.13. The van der Waals surface area contributed by atoms with Crippen molar-refractivity contribution in [1.29, 1.82) is 0 Å². The first kappa shape index (κ1) is 17.1. The van der Waals surface area contributed by atoms with Crippen molar-refractivity contribution in [2.75, 3.05) is 5.32 Å². The second-order valence-corrected chi connectivity index (χ2v) is 7.18. The van der Waals surface area contributed by atoms with E-state index in [1.54, 1.807) is 31.7 Å². The van der Waals surface area contributed by atoms with Crippen LogP contribution in [0.15, 0.2) is 65.8 Å². The molecule has 0 aliphatic rings. The standard InChI is InChI=1S/C20H17N5OS/c1-13-6-8-21-18(10-13)24-17-5-3-4-15(23-17)16-12-22-20(27-16)14-7-9-25(2)19(26)11-14/h3-12H,1-2H3,(H,21,23,24). The minimum absolute atomic E-state index is 0.0563. The normalized spacial score (nSPS) is 10.7. The second kappa shape index (κ2) is 7.13. The molecule has 4 aromatic heterocycles. The molecule has 0 bridgehead atoms. The van der Waals surface area contributed by atoms with Crippen molar-refractivity contribution >= 4 is 23.0 Å². The van der Waals surface area contributed by atoms with E-state index in [2.05, 4.69) is 20.3 Å². The molecule has 0 unspecified atom stereocenters. The molecule has 0 saturated heterocycles. The summed E-state index contributed by atoms with van der Waals surface area (Å²) in [4.78, 5) is 26.2. The van der Waals surface area contributed by atoms with Crippen molar-refractivity contribution in [3.63, 3.8) is 0 Å². The van der Waals surface area contributed by atoms with Gasteiger partial charge in [-0.15, -0.1) is 11.3 Å². The molecule has 0 atom stereocenters. The molecule has 0 radical (unpaired) electrons. The minimum atomic E-state index is -0.0563. The van der Waals surface area contributed by atoms with Gasteiger partial charge in [-0.05, 0) is 42.8 Å². The predicted octanol–water partition coefficient (Wildman–Crippen LogP) is 4.02. The van der Waals surface area contributed by atoms with Crippen LogP contribution in [0.2, 0.25) is 0 Å². The number of hydrogen-bond acceptors (Lipinski definition) is 6. The molecule has 0 spiro atoms. The molecule has 0 aromatic carbocycles. The smallest absolute Gasteiger partial charge is 0.250 e. The summed E-state index contributed by atoms with van der Waals surface area (Å²) >= 11 is 1.51. The number of rotatable bonds is 4. The van der Waals surface area contributed by atoms with Crippen LogP contribution in [0.25, 0.3) is 21.1 Å². The highest BCUT2D eigenvalue weighted by molar-refractivity contribution is 7.18. The molecule has 4 rings (SSSR count). The van der Waals surface area contributed by atoms with E-state index in [1.807, 2.05) is 43.3 Å². The zero-order valence-corrected chi connectivity index (χ0v) is 15.7. The summed E-state index contributed by atoms with van der Waals surface area (Å²) in [6.07, 6.45) is 5.30. The Morgan fingerprint density at radius 1 is 1.07 bits per heavy atom. The average Bonchev–Trinajstić information content (AvgIpc) is 3.14. The van der Waals surface area contributed by atoms with Crippen LogP contribution in [0.1, 0.15) is 5.56 Å². The number of nitrogens with one attached hydrogen (secondary N) is 1. The lowest BCUT2D eigenvalue weighted by molar-refractivity contribution is 0.861. The van der Waals surface area contributed by atoms with E-state index >= 15 is 0 Å². The fraction of sp³-hybridized carbons (Fsp3) is 0.100. The third-order valence-electron chi connectivity index (χ3n) is 4.03. The van der Waals surface area contributed by atoms with E-state index in [0.29, 0.717) is 5.82 Å². The van der Waals surface area contributed by atoms with Crippen LogP contribution in [-0.4, -0.2) is 19.5 Å². The van der Waals surface area contributed by atoms with Gasteiger partial charge in [0.25, 0.3) is 5.56 Å². The predicted molar refractivity (Wildman–Crippen MR) is 108 cm³/mol. The van der Waals surface area contributed by atoms with E-state index in [4.69, 9.17) is 0 Å². The van der Waals surface area contributed by atoms with E-state index in [0.717, 1.165) is 32.5 Å².